The number of aromatic nitrogens is 3. The lowest BCUT2D eigenvalue weighted by Gasteiger charge is -1.90. The number of aromatic amines is 2. The Morgan fingerprint density at radius 2 is 1.73 bits per heavy atom. The fourth-order valence-corrected chi connectivity index (χ4v) is 0.666. The van der Waals surface area contributed by atoms with Gasteiger partial charge in [-0.25, -0.2) is 24.4 Å². The van der Waals surface area contributed by atoms with Crippen molar-refractivity contribution in [3.8, 4) is 0 Å². The van der Waals surface area contributed by atoms with Crippen LogP contribution in [0.2, 0.25) is 0 Å². The fraction of sp³-hybridized carbons (Fsp3) is 0.500. The molecule has 6 nitrogen and oxygen atoms in total. The summed E-state index contributed by atoms with van der Waals surface area (Å²) in [7, 11) is 0. The van der Waals surface area contributed by atoms with Crippen molar-refractivity contribution in [1.82, 2.24) is 14.8 Å². The number of nitrogens with one attached hydrogen (secondary N) is 2. The molecule has 0 radical (unpaired) electrons. The average Bonchev–Trinajstić information content (AvgIpc) is 2.20. The highest BCUT2D eigenvalue weighted by Crippen LogP contribution is 1.62. The zero-order valence-corrected chi connectivity index (χ0v) is 6.48. The third-order valence-corrected chi connectivity index (χ3v) is 1.12. The van der Waals surface area contributed by atoms with E-state index >= 15 is 0 Å². The Hall–Kier alpha value is -1.01. The van der Waals surface area contributed by atoms with E-state index in [0.29, 0.717) is 0 Å². The van der Waals surface area contributed by atoms with Gasteiger partial charge < -0.3 is 5.73 Å². The normalized spacial score (nSPS) is 9.18. The lowest BCUT2D eigenvalue weighted by Crippen LogP contribution is -2.29. The van der Waals surface area contributed by atoms with Crippen LogP contribution in [0.5, 0.6) is 0 Å². The van der Waals surface area contributed by atoms with Crippen LogP contribution in [-0.2, 0) is 6.54 Å². The van der Waals surface area contributed by atoms with Crippen LogP contribution >= 0.6 is 12.4 Å². The molecule has 4 N–H and O–H groups in total. The molecule has 0 amide bonds. The van der Waals surface area contributed by atoms with Crippen LogP contribution in [-0.4, -0.2) is 21.3 Å². The average molecular weight is 181 g/mol. The summed E-state index contributed by atoms with van der Waals surface area (Å²) in [6.45, 7) is 0.526. The van der Waals surface area contributed by atoms with Crippen molar-refractivity contribution in [2.75, 3.05) is 6.54 Å². The van der Waals surface area contributed by atoms with Crippen molar-refractivity contribution < 1.29 is 0 Å². The highest BCUT2D eigenvalue weighted by Gasteiger charge is 1.98. The first-order chi connectivity index (χ1) is 4.75. The fourth-order valence-electron chi connectivity index (χ4n) is 0.666. The Labute approximate surface area is 67.8 Å². The summed E-state index contributed by atoms with van der Waals surface area (Å²) in [5.41, 5.74) is 4.23. The second kappa shape index (κ2) is 3.99. The second-order valence-corrected chi connectivity index (χ2v) is 1.80. The minimum absolute atomic E-state index is 0. The quantitative estimate of drug-likeness (QED) is 0.503. The summed E-state index contributed by atoms with van der Waals surface area (Å²) < 4.78 is 1.000. The van der Waals surface area contributed by atoms with Crippen LogP contribution in [0.3, 0.4) is 0 Å². The minimum atomic E-state index is -0.449. The molecule has 1 aromatic rings. The highest BCUT2D eigenvalue weighted by atomic mass is 35.5. The molecule has 0 aliphatic carbocycles. The number of halogens is 1. The van der Waals surface area contributed by atoms with Crippen LogP contribution in [0.4, 0.5) is 0 Å². The Balaban J connectivity index is 0.000001000. The van der Waals surface area contributed by atoms with Crippen LogP contribution in [0, 0.1) is 0 Å². The van der Waals surface area contributed by atoms with Crippen LogP contribution in [0.1, 0.15) is 0 Å². The van der Waals surface area contributed by atoms with Crippen molar-refractivity contribution >= 4 is 12.4 Å². The van der Waals surface area contributed by atoms with Gasteiger partial charge in [-0.2, -0.15) is 0 Å². The lowest BCUT2D eigenvalue weighted by atomic mass is 10.6. The summed E-state index contributed by atoms with van der Waals surface area (Å²) in [5.74, 6) is 0. The molecule has 7 heteroatoms. The Morgan fingerprint density at radius 3 is 2.09 bits per heavy atom. The van der Waals surface area contributed by atoms with Crippen molar-refractivity contribution in [1.29, 1.82) is 0 Å². The lowest BCUT2D eigenvalue weighted by molar-refractivity contribution is 0.661. The molecule has 1 heterocycles. The summed E-state index contributed by atoms with van der Waals surface area (Å²) in [5, 5.41) is 4.27. The molecular weight excluding hydrogens is 172 g/mol. The molecule has 0 aliphatic heterocycles. The molecule has 0 fully saturated rings. The highest BCUT2D eigenvalue weighted by molar-refractivity contribution is 5.85. The van der Waals surface area contributed by atoms with Crippen LogP contribution in [0.25, 0.3) is 0 Å². The van der Waals surface area contributed by atoms with Gasteiger partial charge in [-0.15, -0.1) is 12.4 Å². The van der Waals surface area contributed by atoms with Crippen molar-refractivity contribution in [2.24, 2.45) is 5.73 Å². The maximum Gasteiger partial charge on any atom is 0.344 e. The summed E-state index contributed by atoms with van der Waals surface area (Å²) >= 11 is 0. The van der Waals surface area contributed by atoms with E-state index in [0.717, 1.165) is 4.57 Å². The van der Waals surface area contributed by atoms with Gasteiger partial charge in [-0.1, -0.05) is 0 Å². The van der Waals surface area contributed by atoms with Gasteiger partial charge in [0.2, 0.25) is 0 Å². The number of nitrogens with two attached hydrogens (primary N) is 1. The van der Waals surface area contributed by atoms with E-state index < -0.39 is 11.4 Å². The standard InChI is InChI=1S/C4H8N4O2.ClH/c5-1-2-8-3(9)6-7-4(8)10;/h1-2,5H2,(H,6,9)(H,7,10);1H. The van der Waals surface area contributed by atoms with E-state index in [2.05, 4.69) is 10.2 Å². The van der Waals surface area contributed by atoms with Crippen molar-refractivity contribution in [2.45, 2.75) is 6.54 Å². The number of rotatable bonds is 2. The Kier molecular flexibility index (Phi) is 3.63. The third-order valence-electron chi connectivity index (χ3n) is 1.12. The van der Waals surface area contributed by atoms with Gasteiger partial charge in [0.25, 0.3) is 0 Å². The smallest absolute Gasteiger partial charge is 0.329 e. The largest absolute Gasteiger partial charge is 0.344 e. The van der Waals surface area contributed by atoms with Crippen molar-refractivity contribution in [3.05, 3.63) is 21.0 Å². The van der Waals surface area contributed by atoms with Gasteiger partial charge in [0.05, 0.1) is 0 Å². The van der Waals surface area contributed by atoms with Gasteiger partial charge in [-0.3, -0.25) is 0 Å². The molecule has 0 atom stereocenters. The Morgan fingerprint density at radius 1 is 1.27 bits per heavy atom. The first-order valence-corrected chi connectivity index (χ1v) is 2.83. The molecule has 0 unspecified atom stereocenters. The number of H-pyrrole nitrogens is 2. The zero-order chi connectivity index (χ0) is 7.56. The first kappa shape index (κ1) is 9.99. The predicted molar refractivity (Wildman–Crippen MR) is 42.0 cm³/mol. The van der Waals surface area contributed by atoms with Crippen molar-refractivity contribution in [3.63, 3.8) is 0 Å². The molecule has 0 saturated heterocycles. The molecule has 1 aromatic heterocycles. The molecule has 0 bridgehead atoms. The molecule has 0 spiro atoms. The van der Waals surface area contributed by atoms with Crippen LogP contribution in [0.15, 0.2) is 9.59 Å². The van der Waals surface area contributed by atoms with E-state index in [-0.39, 0.29) is 25.5 Å². The second-order valence-electron chi connectivity index (χ2n) is 1.80. The zero-order valence-electron chi connectivity index (χ0n) is 5.66. The van der Waals surface area contributed by atoms with Gasteiger partial charge in [0.1, 0.15) is 0 Å². The molecule has 1 rings (SSSR count). The van der Waals surface area contributed by atoms with E-state index in [1.165, 1.54) is 0 Å². The molecule has 64 valence electrons. The predicted octanol–water partition coefficient (Wildman–Crippen LogP) is -1.75. The van der Waals surface area contributed by atoms with Gasteiger partial charge in [0, 0.05) is 13.1 Å². The topological polar surface area (TPSA) is 96.7 Å². The van der Waals surface area contributed by atoms with E-state index in [1.807, 2.05) is 0 Å². The third kappa shape index (κ3) is 1.95. The molecule has 0 aliphatic rings. The summed E-state index contributed by atoms with van der Waals surface area (Å²) in [6.07, 6.45) is 0. The van der Waals surface area contributed by atoms with E-state index in [4.69, 9.17) is 5.73 Å². The molecule has 0 saturated carbocycles. The van der Waals surface area contributed by atoms with E-state index in [1.54, 1.807) is 0 Å². The SMILES string of the molecule is Cl.NCCn1c(=O)[nH][nH]c1=O. The molecular formula is C4H9ClN4O2. The molecule has 11 heavy (non-hydrogen) atoms. The number of hydrogen-bond donors (Lipinski definition) is 3. The Bertz CT molecular complexity index is 283. The van der Waals surface area contributed by atoms with E-state index in [9.17, 15) is 9.59 Å². The summed E-state index contributed by atoms with van der Waals surface area (Å²) in [6, 6.07) is 0. The molecule has 0 aromatic carbocycles. The number of nitrogens with zero attached hydrogens (tertiary/aromatic N) is 1. The minimum Gasteiger partial charge on any atom is -0.329 e. The maximum atomic E-state index is 10.7. The number of hydrogen-bond acceptors (Lipinski definition) is 3. The van der Waals surface area contributed by atoms with Crippen LogP contribution < -0.4 is 17.1 Å². The summed E-state index contributed by atoms with van der Waals surface area (Å²) in [4.78, 5) is 21.3. The first-order valence-electron chi connectivity index (χ1n) is 2.83. The van der Waals surface area contributed by atoms with Gasteiger partial charge >= 0.3 is 11.4 Å². The van der Waals surface area contributed by atoms with Gasteiger partial charge in [0.15, 0.2) is 0 Å². The van der Waals surface area contributed by atoms with Gasteiger partial charge in [-0.05, 0) is 0 Å². The monoisotopic (exact) mass is 180 g/mol. The maximum absolute atomic E-state index is 10.7.